The van der Waals surface area contributed by atoms with E-state index in [1.54, 1.807) is 0 Å². The minimum Gasteiger partial charge on any atom is -0.337 e. The molecule has 0 radical (unpaired) electrons. The van der Waals surface area contributed by atoms with Gasteiger partial charge in [-0.2, -0.15) is 0 Å². The van der Waals surface area contributed by atoms with Crippen LogP contribution in [0, 0.1) is 0 Å². The van der Waals surface area contributed by atoms with E-state index >= 15 is 0 Å². The van der Waals surface area contributed by atoms with Crippen molar-refractivity contribution in [3.8, 4) is 0 Å². The third-order valence-electron chi connectivity index (χ3n) is 2.40. The molecule has 0 rings (SSSR count). The van der Waals surface area contributed by atoms with E-state index in [1.807, 2.05) is 0 Å². The van der Waals surface area contributed by atoms with E-state index in [0.29, 0.717) is 0 Å². The molecule has 0 aliphatic carbocycles. The standard InChI is InChI=1S/C8H24N4Si.C2H9NSi/c1-9(2)13(10(3)4,11(5)6)12(7)8;1-3(2)4/h1-8H3;1-2,4H3. The first-order valence-electron chi connectivity index (χ1n) is 5.81. The smallest absolute Gasteiger partial charge is 0.337 e. The topological polar surface area (TPSA) is 16.2 Å². The summed E-state index contributed by atoms with van der Waals surface area (Å²) in [6, 6.07) is 0. The maximum Gasteiger partial charge on any atom is 0.375 e. The summed E-state index contributed by atoms with van der Waals surface area (Å²) in [6.07, 6.45) is 0. The zero-order valence-corrected chi connectivity index (χ0v) is 16.7. The van der Waals surface area contributed by atoms with E-state index < -0.39 is 8.72 Å². The van der Waals surface area contributed by atoms with Crippen LogP contribution in [-0.4, -0.2) is 112 Å². The first-order valence-corrected chi connectivity index (χ1v) is 8.50. The summed E-state index contributed by atoms with van der Waals surface area (Å²) in [7, 11) is 20.7. The molecule has 0 saturated heterocycles. The molecule has 0 heterocycles. The van der Waals surface area contributed by atoms with Gasteiger partial charge in [-0.05, 0) is 70.5 Å². The molecule has 0 aliphatic rings. The monoisotopic (exact) mass is 279 g/mol. The van der Waals surface area contributed by atoms with Gasteiger partial charge in [-0.3, -0.25) is 18.3 Å². The Morgan fingerprint density at radius 2 is 0.647 bits per heavy atom. The molecule has 0 aromatic heterocycles. The quantitative estimate of drug-likeness (QED) is 0.581. The third-order valence-corrected chi connectivity index (χ3v) is 7.20. The fraction of sp³-hybridized carbons (Fsp3) is 1.00. The Labute approximate surface area is 113 Å². The van der Waals surface area contributed by atoms with Crippen LogP contribution in [0.3, 0.4) is 0 Å². The number of hydrogen-bond donors (Lipinski definition) is 0. The lowest BCUT2D eigenvalue weighted by Crippen LogP contribution is -2.77. The largest absolute Gasteiger partial charge is 0.375 e. The summed E-state index contributed by atoms with van der Waals surface area (Å²) >= 11 is 0. The van der Waals surface area contributed by atoms with Crippen molar-refractivity contribution in [3.05, 3.63) is 0 Å². The molecule has 17 heavy (non-hydrogen) atoms. The van der Waals surface area contributed by atoms with Gasteiger partial charge in [0, 0.05) is 0 Å². The predicted molar refractivity (Wildman–Crippen MR) is 84.1 cm³/mol. The molecular weight excluding hydrogens is 246 g/mol. The first-order chi connectivity index (χ1) is 7.51. The Morgan fingerprint density at radius 3 is 0.647 bits per heavy atom. The minimum absolute atomic E-state index is 1.18. The van der Waals surface area contributed by atoms with Gasteiger partial charge in [-0.15, -0.1) is 0 Å². The van der Waals surface area contributed by atoms with Crippen molar-refractivity contribution in [3.63, 3.8) is 0 Å². The van der Waals surface area contributed by atoms with E-state index in [4.69, 9.17) is 0 Å². The summed E-state index contributed by atoms with van der Waals surface area (Å²) in [4.78, 5) is 0. The summed E-state index contributed by atoms with van der Waals surface area (Å²) < 4.78 is 11.4. The van der Waals surface area contributed by atoms with E-state index in [0.717, 1.165) is 0 Å². The Morgan fingerprint density at radius 1 is 0.529 bits per heavy atom. The lowest BCUT2D eigenvalue weighted by atomic mass is 11.2. The highest BCUT2D eigenvalue weighted by atomic mass is 28.4. The van der Waals surface area contributed by atoms with Crippen LogP contribution in [-0.2, 0) is 0 Å². The second kappa shape index (κ2) is 8.36. The van der Waals surface area contributed by atoms with Crippen molar-refractivity contribution in [2.45, 2.75) is 0 Å². The van der Waals surface area contributed by atoms with Gasteiger partial charge in [0.2, 0.25) is 0 Å². The molecule has 0 saturated carbocycles. The lowest BCUT2D eigenvalue weighted by Gasteiger charge is -2.49. The second-order valence-electron chi connectivity index (χ2n) is 5.52. The van der Waals surface area contributed by atoms with Crippen LogP contribution in [0.4, 0.5) is 0 Å². The van der Waals surface area contributed by atoms with E-state index in [-0.39, 0.29) is 0 Å². The molecule has 0 aromatic rings. The van der Waals surface area contributed by atoms with Gasteiger partial charge in [0.1, 0.15) is 0 Å². The number of hydrogen-bond acceptors (Lipinski definition) is 5. The molecule has 0 bridgehead atoms. The molecule has 5 nitrogen and oxygen atoms in total. The van der Waals surface area contributed by atoms with Crippen LogP contribution in [0.15, 0.2) is 0 Å². The molecule has 0 aliphatic heterocycles. The van der Waals surface area contributed by atoms with E-state index in [9.17, 15) is 0 Å². The van der Waals surface area contributed by atoms with Crippen LogP contribution in [0.5, 0.6) is 0 Å². The lowest BCUT2D eigenvalue weighted by molar-refractivity contribution is 0.294. The van der Waals surface area contributed by atoms with Gasteiger partial charge < -0.3 is 4.57 Å². The van der Waals surface area contributed by atoms with Crippen LogP contribution >= 0.6 is 0 Å². The fourth-order valence-electron chi connectivity index (χ4n) is 2.40. The van der Waals surface area contributed by atoms with Crippen LogP contribution in [0.1, 0.15) is 0 Å². The van der Waals surface area contributed by atoms with Gasteiger partial charge in [-0.1, -0.05) is 0 Å². The van der Waals surface area contributed by atoms with Crippen LogP contribution in [0.2, 0.25) is 0 Å². The molecule has 0 atom stereocenters. The Balaban J connectivity index is 0. The number of nitrogens with zero attached hydrogens (tertiary/aromatic N) is 5. The highest BCUT2D eigenvalue weighted by Crippen LogP contribution is 2.14. The van der Waals surface area contributed by atoms with Crippen molar-refractivity contribution >= 4 is 19.1 Å². The molecule has 7 heteroatoms. The van der Waals surface area contributed by atoms with Crippen molar-refractivity contribution in [1.29, 1.82) is 0 Å². The van der Waals surface area contributed by atoms with Gasteiger partial charge in [0.15, 0.2) is 0 Å². The predicted octanol–water partition coefficient (Wildman–Crippen LogP) is -1.50. The average Bonchev–Trinajstić information content (AvgIpc) is 1.98. The second-order valence-corrected chi connectivity index (χ2v) is 12.1. The average molecular weight is 280 g/mol. The zero-order valence-electron chi connectivity index (χ0n) is 13.7. The summed E-state index contributed by atoms with van der Waals surface area (Å²) in [5, 5.41) is 0. The van der Waals surface area contributed by atoms with E-state index in [1.165, 1.54) is 10.4 Å². The Bertz CT molecular complexity index is 155. The Hall–Kier alpha value is 0.234. The fourth-order valence-corrected chi connectivity index (χ4v) is 7.20. The molecule has 0 unspecified atom stereocenters. The first kappa shape index (κ1) is 19.6. The van der Waals surface area contributed by atoms with Crippen LogP contribution < -0.4 is 0 Å². The molecule has 0 aromatic carbocycles. The van der Waals surface area contributed by atoms with Gasteiger partial charge in [0.05, 0.1) is 10.4 Å². The summed E-state index contributed by atoms with van der Waals surface area (Å²) in [6.45, 7) is 0. The zero-order chi connectivity index (χ0) is 14.4. The summed E-state index contributed by atoms with van der Waals surface area (Å²) in [5.74, 6) is 0. The molecular formula is C10H33N5Si2. The molecule has 0 N–H and O–H groups in total. The Kier molecular flexibility index (Phi) is 9.62. The van der Waals surface area contributed by atoms with Crippen molar-refractivity contribution < 1.29 is 0 Å². The SMILES string of the molecule is CN(C)[SiH3].CN(C)[Si](N(C)C)(N(C)C)N(C)C. The van der Waals surface area contributed by atoms with Crippen molar-refractivity contribution in [1.82, 2.24) is 22.8 Å². The van der Waals surface area contributed by atoms with Gasteiger partial charge >= 0.3 is 8.72 Å². The molecule has 106 valence electrons. The highest BCUT2D eigenvalue weighted by molar-refractivity contribution is 6.68. The minimum atomic E-state index is -1.77. The maximum absolute atomic E-state index is 2.33. The van der Waals surface area contributed by atoms with Crippen molar-refractivity contribution in [2.75, 3.05) is 70.5 Å². The normalized spacial score (nSPS) is 12.9. The molecule has 0 spiro atoms. The van der Waals surface area contributed by atoms with Crippen molar-refractivity contribution in [2.24, 2.45) is 0 Å². The maximum atomic E-state index is 2.33. The van der Waals surface area contributed by atoms with E-state index in [2.05, 4.69) is 93.3 Å². The summed E-state index contributed by atoms with van der Waals surface area (Å²) in [5.41, 5.74) is 0. The van der Waals surface area contributed by atoms with Crippen LogP contribution in [0.25, 0.3) is 0 Å². The molecule has 0 fully saturated rings. The van der Waals surface area contributed by atoms with Gasteiger partial charge in [0.25, 0.3) is 0 Å². The molecule has 0 amide bonds. The van der Waals surface area contributed by atoms with Gasteiger partial charge in [-0.25, -0.2) is 0 Å². The highest BCUT2D eigenvalue weighted by Gasteiger charge is 2.45. The number of rotatable bonds is 4. The third kappa shape index (κ3) is 5.60.